The van der Waals surface area contributed by atoms with E-state index in [2.05, 4.69) is 10.00 Å². The van der Waals surface area contributed by atoms with Crippen LogP contribution in [0.4, 0.5) is 13.2 Å². The molecule has 4 rings (SSSR count). The third-order valence-electron chi connectivity index (χ3n) is 6.31. The molecule has 3 fully saturated rings. The first-order valence-electron chi connectivity index (χ1n) is 10.4. The van der Waals surface area contributed by atoms with Gasteiger partial charge < -0.3 is 4.90 Å². The molecule has 1 aromatic heterocycles. The summed E-state index contributed by atoms with van der Waals surface area (Å²) in [6.07, 6.45) is 6.82. The Morgan fingerprint density at radius 3 is 2.18 bits per heavy atom. The number of likely N-dealkylation sites (tertiary alicyclic amines) is 1. The van der Waals surface area contributed by atoms with Gasteiger partial charge in [-0.15, -0.1) is 0 Å². The van der Waals surface area contributed by atoms with E-state index < -0.39 is 22.7 Å². The normalized spacial score (nSPS) is 24.1. The second kappa shape index (κ2) is 8.86. The molecule has 0 bridgehead atoms. The van der Waals surface area contributed by atoms with Crippen LogP contribution in [0.25, 0.3) is 0 Å². The number of nitrogens with zero attached hydrogens (tertiary/aromatic N) is 3. The van der Waals surface area contributed by atoms with E-state index in [1.165, 1.54) is 68.9 Å². The molecule has 1 aromatic rings. The number of piperidine rings is 1. The van der Waals surface area contributed by atoms with Gasteiger partial charge >= 0.3 is 6.18 Å². The van der Waals surface area contributed by atoms with Crippen LogP contribution in [0.15, 0.2) is 12.3 Å². The van der Waals surface area contributed by atoms with Gasteiger partial charge in [-0.2, -0.15) is 18.3 Å². The summed E-state index contributed by atoms with van der Waals surface area (Å²) in [5.74, 6) is 2.01. The summed E-state index contributed by atoms with van der Waals surface area (Å²) < 4.78 is 48.5. The molecule has 0 aromatic carbocycles. The monoisotopic (exact) mass is 419 g/mol. The summed E-state index contributed by atoms with van der Waals surface area (Å²) in [7, 11) is -0.463. The zero-order chi connectivity index (χ0) is 20.4. The first-order chi connectivity index (χ1) is 13.2. The summed E-state index contributed by atoms with van der Waals surface area (Å²) in [5.41, 5.74) is -0.327. The average molecular weight is 420 g/mol. The Hall–Kier alpha value is -0.890. The third-order valence-corrected chi connectivity index (χ3v) is 8.18. The molecule has 0 atom stereocenters. The Kier molecular flexibility index (Phi) is 6.90. The van der Waals surface area contributed by atoms with Gasteiger partial charge in [-0.3, -0.25) is 8.89 Å². The van der Waals surface area contributed by atoms with Crippen molar-refractivity contribution in [3.05, 3.63) is 18.0 Å². The molecule has 2 aliphatic heterocycles. The number of rotatable bonds is 2. The lowest BCUT2D eigenvalue weighted by atomic mass is 9.80. The summed E-state index contributed by atoms with van der Waals surface area (Å²) in [4.78, 5) is 2.73. The fourth-order valence-electron chi connectivity index (χ4n) is 4.52. The van der Waals surface area contributed by atoms with Crippen molar-refractivity contribution < 1.29 is 17.4 Å². The van der Waals surface area contributed by atoms with Gasteiger partial charge in [-0.05, 0) is 64.1 Å². The van der Waals surface area contributed by atoms with Crippen LogP contribution in [0.3, 0.4) is 0 Å². The Morgan fingerprint density at radius 2 is 1.75 bits per heavy atom. The molecule has 160 valence electrons. The number of aromatic nitrogens is 2. The minimum Gasteiger partial charge on any atom is -0.300 e. The standard InChI is InChI=1S/C13H23NOS.C7H9F3N2/c15-16-10-13(11-16)6-8-14(9-7-13)12-4-2-1-3-5-12;1-5(2)12-4-3-6(11-12)7(8,9)10/h12H,1-11H2;3-5H,1-2H3. The molecule has 1 spiro atoms. The molecule has 0 radical (unpaired) electrons. The SMILES string of the molecule is CC(C)n1ccc(C(F)(F)F)n1.O=S1CC2(CCN(C3CCCCC3)CC2)C1. The molecule has 1 saturated carbocycles. The van der Waals surface area contributed by atoms with Crippen molar-refractivity contribution in [2.24, 2.45) is 5.41 Å². The topological polar surface area (TPSA) is 38.1 Å². The van der Waals surface area contributed by atoms with Crippen molar-refractivity contribution in [2.45, 2.75) is 77.1 Å². The lowest BCUT2D eigenvalue weighted by Crippen LogP contribution is -2.54. The van der Waals surface area contributed by atoms with Crippen LogP contribution in [-0.4, -0.2) is 49.5 Å². The molecule has 3 heterocycles. The lowest BCUT2D eigenvalue weighted by molar-refractivity contribution is -0.141. The zero-order valence-electron chi connectivity index (χ0n) is 16.9. The summed E-state index contributed by atoms with van der Waals surface area (Å²) in [6.45, 7) is 6.10. The molecule has 0 unspecified atom stereocenters. The molecule has 1 aliphatic carbocycles. The number of hydrogen-bond acceptors (Lipinski definition) is 3. The molecular formula is C20H32F3N3OS. The van der Waals surface area contributed by atoms with Crippen molar-refractivity contribution in [3.8, 4) is 0 Å². The van der Waals surface area contributed by atoms with E-state index in [1.807, 2.05) is 0 Å². The van der Waals surface area contributed by atoms with Gasteiger partial charge in [0.25, 0.3) is 0 Å². The maximum Gasteiger partial charge on any atom is 0.435 e. The Labute approximate surface area is 168 Å². The van der Waals surface area contributed by atoms with Gasteiger partial charge in [0, 0.05) is 40.6 Å². The molecule has 0 amide bonds. The highest BCUT2D eigenvalue weighted by molar-refractivity contribution is 7.86. The molecular weight excluding hydrogens is 387 g/mol. The van der Waals surface area contributed by atoms with E-state index in [0.717, 1.165) is 23.6 Å². The minimum absolute atomic E-state index is 0.0406. The van der Waals surface area contributed by atoms with Crippen LogP contribution < -0.4 is 0 Å². The fraction of sp³-hybridized carbons (Fsp3) is 0.850. The van der Waals surface area contributed by atoms with Crippen LogP contribution >= 0.6 is 0 Å². The van der Waals surface area contributed by atoms with Crippen LogP contribution in [0.1, 0.15) is 70.5 Å². The van der Waals surface area contributed by atoms with E-state index in [4.69, 9.17) is 0 Å². The van der Waals surface area contributed by atoms with Gasteiger partial charge in [0.05, 0.1) is 0 Å². The van der Waals surface area contributed by atoms with Crippen molar-refractivity contribution in [2.75, 3.05) is 24.6 Å². The average Bonchev–Trinajstić information content (AvgIpc) is 3.14. The summed E-state index contributed by atoms with van der Waals surface area (Å²) in [5, 5.41) is 3.37. The number of alkyl halides is 3. The highest BCUT2D eigenvalue weighted by Gasteiger charge is 2.45. The first kappa shape index (κ1) is 21.8. The van der Waals surface area contributed by atoms with Gasteiger partial charge in [-0.1, -0.05) is 19.3 Å². The maximum absolute atomic E-state index is 12.0. The van der Waals surface area contributed by atoms with Gasteiger partial charge in [-0.25, -0.2) is 0 Å². The van der Waals surface area contributed by atoms with Crippen LogP contribution in [0.5, 0.6) is 0 Å². The second-order valence-corrected chi connectivity index (χ2v) is 10.3. The van der Waals surface area contributed by atoms with Crippen molar-refractivity contribution in [3.63, 3.8) is 0 Å². The molecule has 2 saturated heterocycles. The van der Waals surface area contributed by atoms with Gasteiger partial charge in [0.2, 0.25) is 0 Å². The Bertz CT molecular complexity index is 650. The lowest BCUT2D eigenvalue weighted by Gasteiger charge is -2.49. The van der Waals surface area contributed by atoms with E-state index in [9.17, 15) is 17.4 Å². The highest BCUT2D eigenvalue weighted by atomic mass is 32.2. The molecule has 8 heteroatoms. The van der Waals surface area contributed by atoms with Crippen molar-refractivity contribution >= 4 is 10.8 Å². The predicted octanol–water partition coefficient (Wildman–Crippen LogP) is 4.65. The van der Waals surface area contributed by atoms with Crippen molar-refractivity contribution in [1.29, 1.82) is 0 Å². The summed E-state index contributed by atoms with van der Waals surface area (Å²) in [6, 6.07) is 1.82. The summed E-state index contributed by atoms with van der Waals surface area (Å²) >= 11 is 0. The van der Waals surface area contributed by atoms with Crippen molar-refractivity contribution in [1.82, 2.24) is 14.7 Å². The third kappa shape index (κ3) is 5.38. The van der Waals surface area contributed by atoms with E-state index in [1.54, 1.807) is 13.8 Å². The fourth-order valence-corrected chi connectivity index (χ4v) is 6.37. The number of halogens is 3. The predicted molar refractivity (Wildman–Crippen MR) is 106 cm³/mol. The largest absolute Gasteiger partial charge is 0.435 e. The smallest absolute Gasteiger partial charge is 0.300 e. The van der Waals surface area contributed by atoms with Crippen LogP contribution in [0.2, 0.25) is 0 Å². The van der Waals surface area contributed by atoms with Gasteiger partial charge in [0.1, 0.15) is 0 Å². The maximum atomic E-state index is 12.0. The molecule has 3 aliphatic rings. The molecule has 4 nitrogen and oxygen atoms in total. The molecule has 28 heavy (non-hydrogen) atoms. The quantitative estimate of drug-likeness (QED) is 0.701. The van der Waals surface area contributed by atoms with E-state index >= 15 is 0 Å². The minimum atomic E-state index is -4.33. The van der Waals surface area contributed by atoms with E-state index in [0.29, 0.717) is 5.41 Å². The highest BCUT2D eigenvalue weighted by Crippen LogP contribution is 2.41. The van der Waals surface area contributed by atoms with Crippen LogP contribution in [-0.2, 0) is 17.0 Å². The van der Waals surface area contributed by atoms with Crippen LogP contribution in [0, 0.1) is 5.41 Å². The van der Waals surface area contributed by atoms with E-state index in [-0.39, 0.29) is 6.04 Å². The Balaban J connectivity index is 0.000000169. The number of hydrogen-bond donors (Lipinski definition) is 0. The first-order valence-corrected chi connectivity index (χ1v) is 11.9. The zero-order valence-corrected chi connectivity index (χ0v) is 17.7. The van der Waals surface area contributed by atoms with Gasteiger partial charge in [0.15, 0.2) is 5.69 Å². The second-order valence-electron chi connectivity index (χ2n) is 8.83. The Morgan fingerprint density at radius 1 is 1.14 bits per heavy atom. The molecule has 0 N–H and O–H groups in total.